The van der Waals surface area contributed by atoms with Crippen molar-refractivity contribution in [1.29, 1.82) is 5.26 Å². The second kappa shape index (κ2) is 8.71. The average Bonchev–Trinajstić information content (AvgIpc) is 3.17. The summed E-state index contributed by atoms with van der Waals surface area (Å²) in [7, 11) is 0. The van der Waals surface area contributed by atoms with Gasteiger partial charge in [0.2, 0.25) is 0 Å². The van der Waals surface area contributed by atoms with Crippen LogP contribution in [0.3, 0.4) is 0 Å². The topological polar surface area (TPSA) is 54.5 Å². The minimum atomic E-state index is 0.646. The Hall–Kier alpha value is -2.78. The molecule has 0 saturated heterocycles. The molecule has 0 aliphatic rings. The molecule has 4 nitrogen and oxygen atoms in total. The smallest absolute Gasteiger partial charge is 0.196 e. The molecule has 4 aromatic rings. The van der Waals surface area contributed by atoms with E-state index in [2.05, 4.69) is 16.3 Å². The van der Waals surface area contributed by atoms with Crippen LogP contribution in [-0.2, 0) is 5.75 Å². The Morgan fingerprint density at radius 1 is 0.828 bits per heavy atom. The zero-order chi connectivity index (χ0) is 20.2. The van der Waals surface area contributed by atoms with Crippen LogP contribution < -0.4 is 0 Å². The van der Waals surface area contributed by atoms with Crippen molar-refractivity contribution < 1.29 is 0 Å². The highest BCUT2D eigenvalue weighted by Gasteiger charge is 2.16. The third-order valence-electron chi connectivity index (χ3n) is 4.27. The van der Waals surface area contributed by atoms with Crippen LogP contribution in [0.1, 0.15) is 11.1 Å². The quantitative estimate of drug-likeness (QED) is 0.339. The third-order valence-corrected chi connectivity index (χ3v) is 5.78. The van der Waals surface area contributed by atoms with Crippen molar-refractivity contribution in [3.05, 3.63) is 94.0 Å². The zero-order valence-electron chi connectivity index (χ0n) is 15.1. The summed E-state index contributed by atoms with van der Waals surface area (Å²) in [6.45, 7) is 0. The van der Waals surface area contributed by atoms with Gasteiger partial charge in [-0.25, -0.2) is 0 Å². The highest BCUT2D eigenvalue weighted by molar-refractivity contribution is 7.98. The van der Waals surface area contributed by atoms with Crippen LogP contribution in [0, 0.1) is 11.3 Å². The van der Waals surface area contributed by atoms with Gasteiger partial charge >= 0.3 is 0 Å². The zero-order valence-corrected chi connectivity index (χ0v) is 17.4. The normalized spacial score (nSPS) is 10.7. The van der Waals surface area contributed by atoms with E-state index in [9.17, 15) is 0 Å². The molecule has 7 heteroatoms. The first-order chi connectivity index (χ1) is 14.1. The predicted octanol–water partition coefficient (Wildman–Crippen LogP) is 6.41. The number of hydrogen-bond acceptors (Lipinski definition) is 4. The van der Waals surface area contributed by atoms with E-state index in [1.807, 2.05) is 77.4 Å². The van der Waals surface area contributed by atoms with Crippen LogP contribution in [0.4, 0.5) is 0 Å². The van der Waals surface area contributed by atoms with E-state index in [4.69, 9.17) is 28.5 Å². The van der Waals surface area contributed by atoms with Gasteiger partial charge in [-0.15, -0.1) is 10.2 Å². The molecule has 0 bridgehead atoms. The lowest BCUT2D eigenvalue weighted by Crippen LogP contribution is -1.99. The Morgan fingerprint density at radius 2 is 1.45 bits per heavy atom. The van der Waals surface area contributed by atoms with Crippen LogP contribution in [-0.4, -0.2) is 14.8 Å². The van der Waals surface area contributed by atoms with Gasteiger partial charge in [-0.05, 0) is 66.2 Å². The molecule has 0 aliphatic heterocycles. The van der Waals surface area contributed by atoms with E-state index in [1.54, 1.807) is 11.8 Å². The Bertz CT molecular complexity index is 1160. The molecule has 1 heterocycles. The number of benzene rings is 3. The number of halogens is 2. The molecule has 0 N–H and O–H groups in total. The van der Waals surface area contributed by atoms with Crippen LogP contribution in [0.15, 0.2) is 78.0 Å². The monoisotopic (exact) mass is 436 g/mol. The summed E-state index contributed by atoms with van der Waals surface area (Å²) in [5.74, 6) is 1.43. The van der Waals surface area contributed by atoms with Crippen molar-refractivity contribution in [2.24, 2.45) is 0 Å². The van der Waals surface area contributed by atoms with Gasteiger partial charge in [0.25, 0.3) is 0 Å². The van der Waals surface area contributed by atoms with E-state index in [0.29, 0.717) is 21.4 Å². The summed E-state index contributed by atoms with van der Waals surface area (Å²) in [4.78, 5) is 0. The minimum Gasteiger partial charge on any atom is -0.270 e. The fourth-order valence-electron chi connectivity index (χ4n) is 2.80. The summed E-state index contributed by atoms with van der Waals surface area (Å²) in [6.07, 6.45) is 0. The molecule has 0 unspecified atom stereocenters. The molecule has 0 aliphatic carbocycles. The van der Waals surface area contributed by atoms with E-state index >= 15 is 0 Å². The van der Waals surface area contributed by atoms with Crippen LogP contribution in [0.2, 0.25) is 10.0 Å². The Balaban J connectivity index is 1.70. The number of aromatic nitrogens is 3. The van der Waals surface area contributed by atoms with Gasteiger partial charge in [0.15, 0.2) is 11.0 Å². The van der Waals surface area contributed by atoms with Crippen molar-refractivity contribution >= 4 is 35.0 Å². The van der Waals surface area contributed by atoms with Gasteiger partial charge in [0, 0.05) is 27.0 Å². The SMILES string of the molecule is N#Cc1ccc(CSc2nnc(-c3ccc(Cl)cc3)n2-c2ccc(Cl)cc2)cc1. The second-order valence-corrected chi connectivity index (χ2v) is 8.04. The fourth-order valence-corrected chi connectivity index (χ4v) is 3.96. The maximum Gasteiger partial charge on any atom is 0.196 e. The summed E-state index contributed by atoms with van der Waals surface area (Å²) in [6, 6.07) is 24.8. The number of thioether (sulfide) groups is 1. The summed E-state index contributed by atoms with van der Waals surface area (Å²) in [5.41, 5.74) is 3.59. The lowest BCUT2D eigenvalue weighted by molar-refractivity contribution is 0.886. The molecule has 4 rings (SSSR count). The predicted molar refractivity (Wildman–Crippen MR) is 118 cm³/mol. The van der Waals surface area contributed by atoms with Crippen LogP contribution in [0.25, 0.3) is 17.1 Å². The van der Waals surface area contributed by atoms with E-state index < -0.39 is 0 Å². The maximum atomic E-state index is 8.95. The molecule has 0 radical (unpaired) electrons. The molecule has 0 atom stereocenters. The molecule has 0 fully saturated rings. The van der Waals surface area contributed by atoms with E-state index in [0.717, 1.165) is 27.8 Å². The Morgan fingerprint density at radius 3 is 2.07 bits per heavy atom. The van der Waals surface area contributed by atoms with Crippen molar-refractivity contribution in [3.63, 3.8) is 0 Å². The highest BCUT2D eigenvalue weighted by atomic mass is 35.5. The molecule has 29 heavy (non-hydrogen) atoms. The number of nitrogens with zero attached hydrogens (tertiary/aromatic N) is 4. The Labute approximate surface area is 182 Å². The minimum absolute atomic E-state index is 0.646. The molecular formula is C22H14Cl2N4S. The average molecular weight is 437 g/mol. The number of nitriles is 1. The third kappa shape index (κ3) is 4.46. The standard InChI is InChI=1S/C22H14Cl2N4S/c23-18-7-5-17(6-8-18)21-26-27-22(28(21)20-11-9-19(24)10-12-20)29-14-16-3-1-15(13-25)2-4-16/h1-12H,14H2. The fraction of sp³-hybridized carbons (Fsp3) is 0.0455. The van der Waals surface area contributed by atoms with Crippen molar-refractivity contribution in [2.75, 3.05) is 0 Å². The maximum absolute atomic E-state index is 8.95. The number of rotatable bonds is 5. The highest BCUT2D eigenvalue weighted by Crippen LogP contribution is 2.30. The van der Waals surface area contributed by atoms with Gasteiger partial charge in [-0.2, -0.15) is 5.26 Å². The van der Waals surface area contributed by atoms with Crippen molar-refractivity contribution in [1.82, 2.24) is 14.8 Å². The lowest BCUT2D eigenvalue weighted by atomic mass is 10.2. The first kappa shape index (κ1) is 19.5. The summed E-state index contributed by atoms with van der Waals surface area (Å²) in [5, 5.41) is 19.9. The van der Waals surface area contributed by atoms with Gasteiger partial charge in [0.05, 0.1) is 11.6 Å². The second-order valence-electron chi connectivity index (χ2n) is 6.22. The van der Waals surface area contributed by atoms with Gasteiger partial charge in [-0.3, -0.25) is 4.57 Å². The first-order valence-electron chi connectivity index (χ1n) is 8.73. The molecular weight excluding hydrogens is 423 g/mol. The lowest BCUT2D eigenvalue weighted by Gasteiger charge is -2.11. The molecule has 0 spiro atoms. The van der Waals surface area contributed by atoms with Crippen molar-refractivity contribution in [3.8, 4) is 23.1 Å². The summed E-state index contributed by atoms with van der Waals surface area (Å²) >= 11 is 13.7. The molecule has 1 aromatic heterocycles. The molecule has 142 valence electrons. The first-order valence-corrected chi connectivity index (χ1v) is 10.5. The van der Waals surface area contributed by atoms with Gasteiger partial charge in [-0.1, -0.05) is 47.1 Å². The van der Waals surface area contributed by atoms with Crippen molar-refractivity contribution in [2.45, 2.75) is 10.9 Å². The molecule has 0 saturated carbocycles. The Kier molecular flexibility index (Phi) is 5.86. The van der Waals surface area contributed by atoms with Crippen LogP contribution >= 0.6 is 35.0 Å². The molecule has 0 amide bonds. The number of hydrogen-bond donors (Lipinski definition) is 0. The van der Waals surface area contributed by atoms with Gasteiger partial charge < -0.3 is 0 Å². The largest absolute Gasteiger partial charge is 0.270 e. The van der Waals surface area contributed by atoms with E-state index in [-0.39, 0.29) is 0 Å². The van der Waals surface area contributed by atoms with E-state index in [1.165, 1.54) is 0 Å². The molecule has 3 aromatic carbocycles. The van der Waals surface area contributed by atoms with Gasteiger partial charge in [0.1, 0.15) is 0 Å². The van der Waals surface area contributed by atoms with Crippen LogP contribution in [0.5, 0.6) is 0 Å². The summed E-state index contributed by atoms with van der Waals surface area (Å²) < 4.78 is 2.01.